The van der Waals surface area contributed by atoms with Crippen LogP contribution in [-0.4, -0.2) is 39.6 Å². The highest BCUT2D eigenvalue weighted by molar-refractivity contribution is 5.86. The molecule has 0 aromatic rings. The number of hydrogen-bond acceptors (Lipinski definition) is 2. The van der Waals surface area contributed by atoms with Crippen LogP contribution in [0.15, 0.2) is 0 Å². The lowest BCUT2D eigenvalue weighted by Crippen LogP contribution is -2.60. The van der Waals surface area contributed by atoms with Gasteiger partial charge in [0.15, 0.2) is 0 Å². The minimum atomic E-state index is -1.05. The van der Waals surface area contributed by atoms with Crippen LogP contribution in [-0.2, 0) is 4.79 Å². The molecule has 1 aliphatic heterocycles. The second kappa shape index (κ2) is 6.02. The molecule has 5 heteroatoms. The van der Waals surface area contributed by atoms with Crippen molar-refractivity contribution in [1.29, 1.82) is 0 Å². The number of likely N-dealkylation sites (tertiary alicyclic amines) is 1. The van der Waals surface area contributed by atoms with Gasteiger partial charge in [-0.3, -0.25) is 0 Å². The van der Waals surface area contributed by atoms with Gasteiger partial charge in [-0.25, -0.2) is 9.59 Å². The zero-order chi connectivity index (χ0) is 14.8. The molecule has 2 unspecified atom stereocenters. The summed E-state index contributed by atoms with van der Waals surface area (Å²) in [6.07, 6.45) is 6.86. The Morgan fingerprint density at radius 2 is 1.90 bits per heavy atom. The molecule has 1 aliphatic carbocycles. The Hall–Kier alpha value is -1.26. The second-order valence-electron chi connectivity index (χ2n) is 6.27. The lowest BCUT2D eigenvalue weighted by Gasteiger charge is -2.37. The van der Waals surface area contributed by atoms with Crippen molar-refractivity contribution in [2.24, 2.45) is 0 Å². The van der Waals surface area contributed by atoms with Gasteiger partial charge in [0.1, 0.15) is 5.54 Å². The number of carboxylic acids is 1. The Labute approximate surface area is 120 Å². The summed E-state index contributed by atoms with van der Waals surface area (Å²) in [7, 11) is 0. The predicted molar refractivity (Wildman–Crippen MR) is 76.6 cm³/mol. The number of amides is 2. The average Bonchev–Trinajstić information content (AvgIpc) is 2.80. The third-order valence-corrected chi connectivity index (χ3v) is 4.95. The number of carboxylic acid groups (broad SMARTS) is 1. The van der Waals surface area contributed by atoms with Crippen LogP contribution < -0.4 is 5.32 Å². The fraction of sp³-hybridized carbons (Fsp3) is 0.867. The largest absolute Gasteiger partial charge is 0.480 e. The summed E-state index contributed by atoms with van der Waals surface area (Å²) in [6, 6.07) is 0.264. The fourth-order valence-corrected chi connectivity index (χ4v) is 3.66. The Bertz CT molecular complexity index is 377. The van der Waals surface area contributed by atoms with Crippen molar-refractivity contribution >= 4 is 12.0 Å². The molecule has 0 aromatic heterocycles. The van der Waals surface area contributed by atoms with E-state index in [0.717, 1.165) is 38.5 Å². The van der Waals surface area contributed by atoms with Crippen molar-refractivity contribution in [2.75, 3.05) is 0 Å². The third-order valence-electron chi connectivity index (χ3n) is 4.95. The van der Waals surface area contributed by atoms with E-state index in [0.29, 0.717) is 12.8 Å². The zero-order valence-electron chi connectivity index (χ0n) is 12.5. The van der Waals surface area contributed by atoms with E-state index in [9.17, 15) is 14.7 Å². The number of carbonyl (C=O) groups excluding carboxylic acids is 1. The van der Waals surface area contributed by atoms with Crippen molar-refractivity contribution in [3.05, 3.63) is 0 Å². The van der Waals surface area contributed by atoms with Gasteiger partial charge in [0.2, 0.25) is 0 Å². The summed E-state index contributed by atoms with van der Waals surface area (Å²) in [4.78, 5) is 26.0. The Morgan fingerprint density at radius 3 is 2.45 bits per heavy atom. The number of carbonyl (C=O) groups is 2. The maximum atomic E-state index is 12.6. The van der Waals surface area contributed by atoms with Gasteiger partial charge in [-0.1, -0.05) is 26.2 Å². The number of urea groups is 1. The zero-order valence-corrected chi connectivity index (χ0v) is 12.5. The third kappa shape index (κ3) is 2.76. The van der Waals surface area contributed by atoms with Gasteiger partial charge < -0.3 is 15.3 Å². The van der Waals surface area contributed by atoms with Crippen molar-refractivity contribution in [1.82, 2.24) is 10.2 Å². The molecule has 1 saturated heterocycles. The maximum absolute atomic E-state index is 12.6. The van der Waals surface area contributed by atoms with Gasteiger partial charge in [-0.15, -0.1) is 0 Å². The van der Waals surface area contributed by atoms with E-state index in [1.807, 2.05) is 11.8 Å². The highest BCUT2D eigenvalue weighted by Crippen LogP contribution is 2.31. The molecule has 2 amide bonds. The van der Waals surface area contributed by atoms with Crippen molar-refractivity contribution in [2.45, 2.75) is 82.8 Å². The van der Waals surface area contributed by atoms with Gasteiger partial charge in [0.05, 0.1) is 0 Å². The molecule has 2 rings (SSSR count). The second-order valence-corrected chi connectivity index (χ2v) is 6.27. The molecule has 0 aromatic carbocycles. The topological polar surface area (TPSA) is 69.6 Å². The van der Waals surface area contributed by atoms with Gasteiger partial charge >= 0.3 is 12.0 Å². The van der Waals surface area contributed by atoms with Crippen molar-refractivity contribution in [3.8, 4) is 0 Å². The molecule has 1 heterocycles. The highest BCUT2D eigenvalue weighted by atomic mass is 16.4. The first-order valence-corrected chi connectivity index (χ1v) is 7.84. The molecule has 2 fully saturated rings. The minimum Gasteiger partial charge on any atom is -0.480 e. The van der Waals surface area contributed by atoms with Crippen LogP contribution in [0.2, 0.25) is 0 Å². The Kier molecular flexibility index (Phi) is 4.55. The van der Waals surface area contributed by atoms with Gasteiger partial charge in [-0.05, 0) is 39.0 Å². The van der Waals surface area contributed by atoms with E-state index in [4.69, 9.17) is 0 Å². The molecule has 0 radical (unpaired) electrons. The lowest BCUT2D eigenvalue weighted by molar-refractivity contribution is -0.146. The van der Waals surface area contributed by atoms with E-state index >= 15 is 0 Å². The quantitative estimate of drug-likeness (QED) is 0.836. The Morgan fingerprint density at radius 1 is 1.25 bits per heavy atom. The number of hydrogen-bond donors (Lipinski definition) is 2. The smallest absolute Gasteiger partial charge is 0.329 e. The molecule has 114 valence electrons. The van der Waals surface area contributed by atoms with Crippen LogP contribution >= 0.6 is 0 Å². The van der Waals surface area contributed by atoms with Crippen LogP contribution in [0.3, 0.4) is 0 Å². The molecule has 2 atom stereocenters. The number of aliphatic carboxylic acids is 1. The predicted octanol–water partition coefficient (Wildman–Crippen LogP) is 2.75. The first-order chi connectivity index (χ1) is 9.50. The molecule has 0 bridgehead atoms. The maximum Gasteiger partial charge on any atom is 0.329 e. The lowest BCUT2D eigenvalue weighted by atomic mass is 9.82. The van der Waals surface area contributed by atoms with Gasteiger partial charge in [-0.2, -0.15) is 0 Å². The summed E-state index contributed by atoms with van der Waals surface area (Å²) in [5, 5.41) is 12.4. The first-order valence-electron chi connectivity index (χ1n) is 7.84. The summed E-state index contributed by atoms with van der Waals surface area (Å²) < 4.78 is 0. The fourth-order valence-electron chi connectivity index (χ4n) is 3.66. The van der Waals surface area contributed by atoms with Crippen LogP contribution in [0, 0.1) is 0 Å². The SMILES string of the molecule is CCC1CCC(C)N1C(=O)NC1(C(=O)O)CCCCC1. The standard InChI is InChI=1S/C15H26N2O3/c1-3-12-8-7-11(2)17(12)14(20)16-15(13(18)19)9-5-4-6-10-15/h11-12H,3-10H2,1-2H3,(H,16,20)(H,18,19). The van der Waals surface area contributed by atoms with E-state index in [2.05, 4.69) is 12.2 Å². The van der Waals surface area contributed by atoms with E-state index in [1.165, 1.54) is 0 Å². The molecule has 0 spiro atoms. The van der Waals surface area contributed by atoms with Crippen molar-refractivity contribution in [3.63, 3.8) is 0 Å². The van der Waals surface area contributed by atoms with Crippen molar-refractivity contribution < 1.29 is 14.7 Å². The average molecular weight is 282 g/mol. The molecule has 2 aliphatic rings. The highest BCUT2D eigenvalue weighted by Gasteiger charge is 2.43. The first kappa shape index (κ1) is 15.1. The summed E-state index contributed by atoms with van der Waals surface area (Å²) in [5.74, 6) is -0.884. The number of nitrogens with one attached hydrogen (secondary N) is 1. The van der Waals surface area contributed by atoms with Crippen LogP contribution in [0.4, 0.5) is 4.79 Å². The Balaban J connectivity index is 2.10. The van der Waals surface area contributed by atoms with E-state index in [-0.39, 0.29) is 18.1 Å². The van der Waals surface area contributed by atoms with Gasteiger partial charge in [0.25, 0.3) is 0 Å². The molecule has 20 heavy (non-hydrogen) atoms. The normalized spacial score (nSPS) is 29.2. The van der Waals surface area contributed by atoms with E-state index < -0.39 is 11.5 Å². The monoisotopic (exact) mass is 282 g/mol. The number of rotatable bonds is 3. The molecule has 1 saturated carbocycles. The number of nitrogens with zero attached hydrogens (tertiary/aromatic N) is 1. The molecular formula is C15H26N2O3. The van der Waals surface area contributed by atoms with Gasteiger partial charge in [0, 0.05) is 12.1 Å². The molecular weight excluding hydrogens is 256 g/mol. The van der Waals surface area contributed by atoms with Crippen LogP contribution in [0.1, 0.15) is 65.2 Å². The summed E-state index contributed by atoms with van der Waals surface area (Å²) in [6.45, 7) is 4.13. The molecule has 5 nitrogen and oxygen atoms in total. The summed E-state index contributed by atoms with van der Waals surface area (Å²) in [5.41, 5.74) is -1.05. The summed E-state index contributed by atoms with van der Waals surface area (Å²) >= 11 is 0. The molecule has 2 N–H and O–H groups in total. The van der Waals surface area contributed by atoms with Crippen LogP contribution in [0.25, 0.3) is 0 Å². The minimum absolute atomic E-state index is 0.189. The van der Waals surface area contributed by atoms with E-state index in [1.54, 1.807) is 0 Å². The van der Waals surface area contributed by atoms with Crippen LogP contribution in [0.5, 0.6) is 0 Å².